The number of nitrogens with zero attached hydrogens (tertiary/aromatic N) is 2. The smallest absolute Gasteiger partial charge is 0.233 e. The third-order valence-corrected chi connectivity index (χ3v) is 3.12. The van der Waals surface area contributed by atoms with Crippen molar-refractivity contribution in [3.8, 4) is 0 Å². The van der Waals surface area contributed by atoms with Gasteiger partial charge in [-0.3, -0.25) is 0 Å². The van der Waals surface area contributed by atoms with Gasteiger partial charge in [-0.1, -0.05) is 12.1 Å². The lowest BCUT2D eigenvalue weighted by atomic mass is 9.88. The summed E-state index contributed by atoms with van der Waals surface area (Å²) >= 11 is 0. The zero-order valence-corrected chi connectivity index (χ0v) is 11.4. The first-order chi connectivity index (χ1) is 8.66. The Hall–Kier alpha value is -0.980. The second kappa shape index (κ2) is 7.45. The van der Waals surface area contributed by atoms with Crippen LogP contribution in [-0.4, -0.2) is 43.6 Å². The minimum atomic E-state index is -0.234. The van der Waals surface area contributed by atoms with E-state index >= 15 is 0 Å². The summed E-state index contributed by atoms with van der Waals surface area (Å²) in [7, 11) is 1.65. The highest BCUT2D eigenvalue weighted by Crippen LogP contribution is 2.24. The Morgan fingerprint density at radius 1 is 1.33 bits per heavy atom. The minimum Gasteiger partial charge on any atom is -0.382 e. The lowest BCUT2D eigenvalue weighted by Gasteiger charge is -2.20. The van der Waals surface area contributed by atoms with Crippen molar-refractivity contribution in [3.05, 3.63) is 11.7 Å². The summed E-state index contributed by atoms with van der Waals surface area (Å²) in [6.07, 6.45) is 1.51. The molecule has 0 spiro atoms. The molecule has 0 saturated heterocycles. The molecule has 1 heterocycles. The van der Waals surface area contributed by atoms with E-state index in [9.17, 15) is 0 Å². The maximum Gasteiger partial charge on any atom is 0.233 e. The second-order valence-corrected chi connectivity index (χ2v) is 4.49. The average molecular weight is 257 g/mol. The minimum absolute atomic E-state index is 0.234. The molecule has 1 aromatic heterocycles. The quantitative estimate of drug-likeness (QED) is 0.662. The van der Waals surface area contributed by atoms with Crippen LogP contribution in [0.1, 0.15) is 32.0 Å². The van der Waals surface area contributed by atoms with Crippen molar-refractivity contribution in [1.29, 1.82) is 0 Å². The van der Waals surface area contributed by atoms with Gasteiger partial charge in [-0.05, 0) is 13.3 Å². The Balaban J connectivity index is 2.43. The Bertz CT molecular complexity index is 337. The first-order valence-electron chi connectivity index (χ1n) is 6.26. The monoisotopic (exact) mass is 257 g/mol. The van der Waals surface area contributed by atoms with E-state index in [1.807, 2.05) is 6.92 Å². The van der Waals surface area contributed by atoms with Gasteiger partial charge < -0.3 is 19.7 Å². The third-order valence-electron chi connectivity index (χ3n) is 3.12. The van der Waals surface area contributed by atoms with Crippen molar-refractivity contribution in [3.63, 3.8) is 0 Å². The molecule has 0 saturated carbocycles. The van der Waals surface area contributed by atoms with Crippen molar-refractivity contribution in [2.45, 2.75) is 32.1 Å². The van der Waals surface area contributed by atoms with E-state index in [4.69, 9.17) is 19.7 Å². The predicted octanol–water partition coefficient (Wildman–Crippen LogP) is 0.902. The van der Waals surface area contributed by atoms with Crippen LogP contribution in [-0.2, 0) is 21.3 Å². The molecule has 1 aromatic rings. The lowest BCUT2D eigenvalue weighted by molar-refractivity contribution is 0.0714. The molecule has 0 bridgehead atoms. The number of ether oxygens (including phenoxy) is 2. The summed E-state index contributed by atoms with van der Waals surface area (Å²) in [4.78, 5) is 4.37. The Labute approximate surface area is 108 Å². The Kier molecular flexibility index (Phi) is 6.24. The van der Waals surface area contributed by atoms with Crippen LogP contribution in [0.3, 0.4) is 0 Å². The number of nitrogens with two attached hydrogens (primary N) is 1. The number of rotatable bonds is 9. The molecule has 1 atom stereocenters. The SMILES string of the molecule is CCC(C)(CN)c1nc(CCOCCOC)no1. The highest BCUT2D eigenvalue weighted by atomic mass is 16.5. The molecule has 0 aliphatic carbocycles. The average Bonchev–Trinajstić information content (AvgIpc) is 2.87. The van der Waals surface area contributed by atoms with Crippen LogP contribution in [0.25, 0.3) is 0 Å². The third kappa shape index (κ3) is 4.04. The van der Waals surface area contributed by atoms with Gasteiger partial charge in [0.2, 0.25) is 5.89 Å². The van der Waals surface area contributed by atoms with Crippen molar-refractivity contribution in [1.82, 2.24) is 10.1 Å². The van der Waals surface area contributed by atoms with Crippen LogP contribution < -0.4 is 5.73 Å². The molecule has 2 N–H and O–H groups in total. The molecular formula is C12H23N3O3. The zero-order valence-electron chi connectivity index (χ0n) is 11.4. The van der Waals surface area contributed by atoms with E-state index in [1.54, 1.807) is 7.11 Å². The number of hydrogen-bond donors (Lipinski definition) is 1. The molecule has 104 valence electrons. The summed E-state index contributed by atoms with van der Waals surface area (Å²) in [5.74, 6) is 1.27. The van der Waals surface area contributed by atoms with E-state index < -0.39 is 0 Å². The molecular weight excluding hydrogens is 234 g/mol. The van der Waals surface area contributed by atoms with E-state index in [2.05, 4.69) is 17.1 Å². The zero-order chi connectivity index (χ0) is 13.4. The molecule has 0 fully saturated rings. The maximum absolute atomic E-state index is 5.75. The van der Waals surface area contributed by atoms with Crippen LogP contribution in [0, 0.1) is 0 Å². The van der Waals surface area contributed by atoms with Gasteiger partial charge in [0.1, 0.15) is 0 Å². The second-order valence-electron chi connectivity index (χ2n) is 4.49. The molecule has 0 amide bonds. The van der Waals surface area contributed by atoms with Crippen molar-refractivity contribution in [2.24, 2.45) is 5.73 Å². The van der Waals surface area contributed by atoms with Gasteiger partial charge in [-0.25, -0.2) is 0 Å². The topological polar surface area (TPSA) is 83.4 Å². The fourth-order valence-corrected chi connectivity index (χ4v) is 1.39. The molecule has 0 aromatic carbocycles. The van der Waals surface area contributed by atoms with E-state index in [1.165, 1.54) is 0 Å². The summed E-state index contributed by atoms with van der Waals surface area (Å²) in [5.41, 5.74) is 5.51. The summed E-state index contributed by atoms with van der Waals surface area (Å²) in [6.45, 7) is 6.32. The van der Waals surface area contributed by atoms with Crippen LogP contribution in [0.15, 0.2) is 4.52 Å². The van der Waals surface area contributed by atoms with E-state index in [0.717, 1.165) is 6.42 Å². The fraction of sp³-hybridized carbons (Fsp3) is 0.833. The predicted molar refractivity (Wildman–Crippen MR) is 67.4 cm³/mol. The molecule has 6 heteroatoms. The number of methoxy groups -OCH3 is 1. The Morgan fingerprint density at radius 3 is 2.72 bits per heavy atom. The highest BCUT2D eigenvalue weighted by Gasteiger charge is 2.29. The van der Waals surface area contributed by atoms with Gasteiger partial charge in [0.25, 0.3) is 0 Å². The van der Waals surface area contributed by atoms with Gasteiger partial charge >= 0.3 is 0 Å². The first-order valence-corrected chi connectivity index (χ1v) is 6.26. The largest absolute Gasteiger partial charge is 0.382 e. The molecule has 0 aliphatic heterocycles. The molecule has 0 radical (unpaired) electrons. The van der Waals surface area contributed by atoms with Crippen LogP contribution in [0.5, 0.6) is 0 Å². The molecule has 18 heavy (non-hydrogen) atoms. The van der Waals surface area contributed by atoms with Crippen molar-refractivity contribution >= 4 is 0 Å². The summed E-state index contributed by atoms with van der Waals surface area (Å²) in [6, 6.07) is 0. The van der Waals surface area contributed by atoms with Crippen molar-refractivity contribution < 1.29 is 14.0 Å². The van der Waals surface area contributed by atoms with Gasteiger partial charge in [0.15, 0.2) is 5.82 Å². The van der Waals surface area contributed by atoms with Gasteiger partial charge in [-0.15, -0.1) is 0 Å². The lowest BCUT2D eigenvalue weighted by Crippen LogP contribution is -2.31. The van der Waals surface area contributed by atoms with E-state index in [0.29, 0.717) is 44.5 Å². The molecule has 0 aliphatic rings. The summed E-state index contributed by atoms with van der Waals surface area (Å²) in [5, 5.41) is 3.94. The number of hydrogen-bond acceptors (Lipinski definition) is 6. The van der Waals surface area contributed by atoms with E-state index in [-0.39, 0.29) is 5.41 Å². The number of aromatic nitrogens is 2. The molecule has 1 rings (SSSR count). The maximum atomic E-state index is 5.75. The van der Waals surface area contributed by atoms with Gasteiger partial charge in [-0.2, -0.15) is 4.98 Å². The standard InChI is InChI=1S/C12H23N3O3/c1-4-12(2,9-13)11-14-10(15-18-11)5-6-17-8-7-16-3/h4-9,13H2,1-3H3. The van der Waals surface area contributed by atoms with Crippen LogP contribution in [0.2, 0.25) is 0 Å². The first kappa shape index (κ1) is 15.1. The Morgan fingerprint density at radius 2 is 2.11 bits per heavy atom. The highest BCUT2D eigenvalue weighted by molar-refractivity contribution is 5.03. The van der Waals surface area contributed by atoms with Crippen LogP contribution in [0.4, 0.5) is 0 Å². The van der Waals surface area contributed by atoms with Gasteiger partial charge in [0, 0.05) is 20.1 Å². The van der Waals surface area contributed by atoms with Crippen LogP contribution >= 0.6 is 0 Å². The van der Waals surface area contributed by atoms with Gasteiger partial charge in [0.05, 0.1) is 25.2 Å². The fourth-order valence-electron chi connectivity index (χ4n) is 1.39. The molecule has 6 nitrogen and oxygen atoms in total. The molecule has 1 unspecified atom stereocenters. The van der Waals surface area contributed by atoms with Crippen molar-refractivity contribution in [2.75, 3.05) is 33.5 Å². The summed E-state index contributed by atoms with van der Waals surface area (Å²) < 4.78 is 15.5. The normalized spacial score (nSPS) is 14.7.